The summed E-state index contributed by atoms with van der Waals surface area (Å²) >= 11 is 0. The molecular weight excluding hydrogens is 538 g/mol. The monoisotopic (exact) mass is 579 g/mol. The van der Waals surface area contributed by atoms with Gasteiger partial charge in [-0.1, -0.05) is 69.7 Å². The minimum atomic E-state index is -4.09. The zero-order valence-electron chi connectivity index (χ0n) is 24.5. The van der Waals surface area contributed by atoms with Gasteiger partial charge in [0.2, 0.25) is 11.8 Å². The fraction of sp³-hybridized carbons (Fsp3) is 0.375. The molecule has 3 rings (SSSR count). The van der Waals surface area contributed by atoms with Crippen LogP contribution >= 0.6 is 0 Å². The number of nitrogens with one attached hydrogen (secondary N) is 1. The van der Waals surface area contributed by atoms with Crippen LogP contribution in [0.5, 0.6) is 5.75 Å². The molecule has 0 saturated carbocycles. The Hall–Kier alpha value is -3.85. The summed E-state index contributed by atoms with van der Waals surface area (Å²) in [4.78, 5) is 28.6. The van der Waals surface area contributed by atoms with Crippen molar-refractivity contribution in [2.24, 2.45) is 0 Å². The van der Waals surface area contributed by atoms with Gasteiger partial charge in [0.15, 0.2) is 0 Å². The lowest BCUT2D eigenvalue weighted by molar-refractivity contribution is -0.139. The van der Waals surface area contributed by atoms with Gasteiger partial charge >= 0.3 is 0 Å². The molecule has 0 aromatic heterocycles. The minimum Gasteiger partial charge on any atom is -0.497 e. The van der Waals surface area contributed by atoms with Crippen LogP contribution < -0.4 is 14.4 Å². The molecule has 1 N–H and O–H groups in total. The summed E-state index contributed by atoms with van der Waals surface area (Å²) in [5.41, 5.74) is 2.21. The normalized spacial score (nSPS) is 12.0. The van der Waals surface area contributed by atoms with E-state index in [4.69, 9.17) is 4.74 Å². The quantitative estimate of drug-likeness (QED) is 0.260. The van der Waals surface area contributed by atoms with Gasteiger partial charge in [-0.3, -0.25) is 13.9 Å². The predicted octanol–water partition coefficient (Wildman–Crippen LogP) is 5.35. The van der Waals surface area contributed by atoms with E-state index in [0.717, 1.165) is 28.3 Å². The fourth-order valence-corrected chi connectivity index (χ4v) is 5.76. The molecule has 1 atom stereocenters. The first-order valence-electron chi connectivity index (χ1n) is 14.0. The molecule has 0 aliphatic heterocycles. The lowest BCUT2D eigenvalue weighted by Crippen LogP contribution is -2.51. The van der Waals surface area contributed by atoms with E-state index in [0.29, 0.717) is 18.0 Å². The molecule has 41 heavy (non-hydrogen) atoms. The second kappa shape index (κ2) is 14.7. The SMILES string of the molecule is CCCCNC(=O)C(C)N(Cc1ccc(OC)cc1)C(=O)CN(c1ccc(C(C)C)cc1)S(=O)(=O)c1ccccc1. The maximum Gasteiger partial charge on any atom is 0.264 e. The Morgan fingerprint density at radius 1 is 0.902 bits per heavy atom. The smallest absolute Gasteiger partial charge is 0.264 e. The molecule has 8 nitrogen and oxygen atoms in total. The summed E-state index contributed by atoms with van der Waals surface area (Å²) < 4.78 is 34.1. The fourth-order valence-electron chi connectivity index (χ4n) is 4.32. The molecule has 0 spiro atoms. The van der Waals surface area contributed by atoms with Crippen LogP contribution in [0.3, 0.4) is 0 Å². The van der Waals surface area contributed by atoms with E-state index < -0.39 is 28.5 Å². The zero-order chi connectivity index (χ0) is 30.0. The highest BCUT2D eigenvalue weighted by atomic mass is 32.2. The Balaban J connectivity index is 1.99. The Labute approximate surface area is 244 Å². The van der Waals surface area contributed by atoms with Gasteiger partial charge in [-0.05, 0) is 66.8 Å². The Morgan fingerprint density at radius 3 is 2.10 bits per heavy atom. The van der Waals surface area contributed by atoms with Gasteiger partial charge in [-0.2, -0.15) is 0 Å². The van der Waals surface area contributed by atoms with Crippen molar-refractivity contribution >= 4 is 27.5 Å². The highest BCUT2D eigenvalue weighted by Gasteiger charge is 2.32. The molecule has 0 aliphatic rings. The molecule has 9 heteroatoms. The second-order valence-electron chi connectivity index (χ2n) is 10.3. The number of methoxy groups -OCH3 is 1. The van der Waals surface area contributed by atoms with Crippen LogP contribution in [-0.2, 0) is 26.2 Å². The third-order valence-corrected chi connectivity index (χ3v) is 8.75. The molecule has 0 heterocycles. The van der Waals surface area contributed by atoms with E-state index in [2.05, 4.69) is 19.2 Å². The van der Waals surface area contributed by atoms with Crippen LogP contribution in [-0.4, -0.2) is 51.4 Å². The molecule has 0 saturated heterocycles. The second-order valence-corrected chi connectivity index (χ2v) is 12.1. The number of carbonyl (C=O) groups is 2. The summed E-state index contributed by atoms with van der Waals surface area (Å²) in [5.74, 6) is 0.143. The maximum absolute atomic E-state index is 14.0. The van der Waals surface area contributed by atoms with Gasteiger partial charge in [-0.15, -0.1) is 0 Å². The molecule has 0 radical (unpaired) electrons. The van der Waals surface area contributed by atoms with Gasteiger partial charge in [0.05, 0.1) is 17.7 Å². The molecule has 2 amide bonds. The zero-order valence-corrected chi connectivity index (χ0v) is 25.4. The third kappa shape index (κ3) is 8.33. The summed E-state index contributed by atoms with van der Waals surface area (Å²) in [5, 5.41) is 2.90. The number of amides is 2. The number of anilines is 1. The maximum atomic E-state index is 14.0. The van der Waals surface area contributed by atoms with Gasteiger partial charge < -0.3 is 15.0 Å². The van der Waals surface area contributed by atoms with E-state index in [1.54, 1.807) is 56.5 Å². The first-order chi connectivity index (χ1) is 19.6. The predicted molar refractivity (Wildman–Crippen MR) is 162 cm³/mol. The summed E-state index contributed by atoms with van der Waals surface area (Å²) in [7, 11) is -2.52. The van der Waals surface area contributed by atoms with Crippen molar-refractivity contribution < 1.29 is 22.7 Å². The van der Waals surface area contributed by atoms with Gasteiger partial charge in [-0.25, -0.2) is 8.42 Å². The van der Waals surface area contributed by atoms with Crippen LogP contribution in [0.1, 0.15) is 57.6 Å². The largest absolute Gasteiger partial charge is 0.497 e. The van der Waals surface area contributed by atoms with Crippen LogP contribution in [0.15, 0.2) is 83.8 Å². The number of hydrogen-bond donors (Lipinski definition) is 1. The lowest BCUT2D eigenvalue weighted by Gasteiger charge is -2.32. The number of hydrogen-bond acceptors (Lipinski definition) is 5. The van der Waals surface area contributed by atoms with Crippen molar-refractivity contribution in [1.29, 1.82) is 0 Å². The number of ether oxygens (including phenoxy) is 1. The summed E-state index contributed by atoms with van der Waals surface area (Å²) in [6.07, 6.45) is 1.74. The van der Waals surface area contributed by atoms with Gasteiger partial charge in [0, 0.05) is 13.1 Å². The Bertz CT molecular complexity index is 1380. The van der Waals surface area contributed by atoms with E-state index in [1.807, 2.05) is 31.2 Å². The van der Waals surface area contributed by atoms with E-state index in [1.165, 1.54) is 17.0 Å². The minimum absolute atomic E-state index is 0.0767. The average Bonchev–Trinajstić information content (AvgIpc) is 2.99. The number of nitrogens with zero attached hydrogens (tertiary/aromatic N) is 2. The number of rotatable bonds is 14. The standard InChI is InChI=1S/C32H41N3O5S/c1-6-7-21-33-32(37)25(4)34(22-26-13-19-29(40-5)20-14-26)31(36)23-35(28-17-15-27(16-18-28)24(2)3)41(38,39)30-11-9-8-10-12-30/h8-20,24-25H,6-7,21-23H2,1-5H3,(H,33,37). The molecule has 1 unspecified atom stereocenters. The topological polar surface area (TPSA) is 96.0 Å². The van der Waals surface area contributed by atoms with Crippen molar-refractivity contribution in [3.63, 3.8) is 0 Å². The number of benzene rings is 3. The highest BCUT2D eigenvalue weighted by Crippen LogP contribution is 2.26. The van der Waals surface area contributed by atoms with Crippen LogP contribution in [0.4, 0.5) is 5.69 Å². The molecule has 3 aromatic carbocycles. The van der Waals surface area contributed by atoms with Gasteiger partial charge in [0.25, 0.3) is 10.0 Å². The van der Waals surface area contributed by atoms with Crippen molar-refractivity contribution in [2.75, 3.05) is 24.5 Å². The highest BCUT2D eigenvalue weighted by molar-refractivity contribution is 7.92. The van der Waals surface area contributed by atoms with Crippen molar-refractivity contribution in [1.82, 2.24) is 10.2 Å². The van der Waals surface area contributed by atoms with Crippen molar-refractivity contribution in [3.8, 4) is 5.75 Å². The van der Waals surface area contributed by atoms with E-state index in [-0.39, 0.29) is 23.3 Å². The Kier molecular flexibility index (Phi) is 11.3. The molecule has 0 bridgehead atoms. The summed E-state index contributed by atoms with van der Waals surface area (Å²) in [6, 6.07) is 21.6. The molecule has 0 fully saturated rings. The molecular formula is C32H41N3O5S. The van der Waals surface area contributed by atoms with Crippen LogP contribution in [0.25, 0.3) is 0 Å². The first kappa shape index (κ1) is 31.7. The number of carbonyl (C=O) groups excluding carboxylic acids is 2. The third-order valence-electron chi connectivity index (χ3n) is 6.97. The lowest BCUT2D eigenvalue weighted by atomic mass is 10.0. The first-order valence-corrected chi connectivity index (χ1v) is 15.4. The molecule has 220 valence electrons. The molecule has 3 aromatic rings. The number of unbranched alkanes of at least 4 members (excludes halogenated alkanes) is 1. The van der Waals surface area contributed by atoms with Gasteiger partial charge in [0.1, 0.15) is 18.3 Å². The van der Waals surface area contributed by atoms with Crippen LogP contribution in [0, 0.1) is 0 Å². The number of sulfonamides is 1. The summed E-state index contributed by atoms with van der Waals surface area (Å²) in [6.45, 7) is 7.96. The van der Waals surface area contributed by atoms with Crippen LogP contribution in [0.2, 0.25) is 0 Å². The average molecular weight is 580 g/mol. The Morgan fingerprint density at radius 2 is 1.54 bits per heavy atom. The van der Waals surface area contributed by atoms with Crippen molar-refractivity contribution in [3.05, 3.63) is 90.0 Å². The van der Waals surface area contributed by atoms with E-state index in [9.17, 15) is 18.0 Å². The van der Waals surface area contributed by atoms with Crippen molar-refractivity contribution in [2.45, 2.75) is 63.9 Å². The van der Waals surface area contributed by atoms with E-state index >= 15 is 0 Å². The molecule has 0 aliphatic carbocycles.